The molecule has 0 radical (unpaired) electrons. The average Bonchev–Trinajstić information content (AvgIpc) is 2.17. The molecule has 13 heavy (non-hydrogen) atoms. The van der Waals surface area contributed by atoms with Crippen LogP contribution in [0.25, 0.3) is 0 Å². The molecule has 72 valence electrons. The molecule has 0 bridgehead atoms. The van der Waals surface area contributed by atoms with Gasteiger partial charge in [-0.05, 0) is 0 Å². The summed E-state index contributed by atoms with van der Waals surface area (Å²) < 4.78 is 9.80. The molecule has 5 heteroatoms. The number of nitriles is 1. The summed E-state index contributed by atoms with van der Waals surface area (Å²) >= 11 is 0. The number of hydrogen-bond acceptors (Lipinski definition) is 4. The maximum atomic E-state index is 11.2. The summed E-state index contributed by atoms with van der Waals surface area (Å²) in [5.41, 5.74) is 0. The summed E-state index contributed by atoms with van der Waals surface area (Å²) in [5.74, 6) is -0.0800. The lowest BCUT2D eigenvalue weighted by atomic mass is 10.3. The third kappa shape index (κ3) is 2.68. The van der Waals surface area contributed by atoms with Gasteiger partial charge in [0.1, 0.15) is 6.61 Å². The van der Waals surface area contributed by atoms with E-state index in [0.717, 1.165) is 0 Å². The minimum atomic E-state index is -0.491. The van der Waals surface area contributed by atoms with Gasteiger partial charge in [0.25, 0.3) is 0 Å². The molecule has 1 saturated heterocycles. The van der Waals surface area contributed by atoms with Crippen LogP contribution in [0.1, 0.15) is 0 Å². The van der Waals surface area contributed by atoms with E-state index in [1.807, 2.05) is 6.07 Å². The zero-order valence-corrected chi connectivity index (χ0v) is 7.52. The molecule has 1 atom stereocenters. The fraction of sp³-hybridized carbons (Fsp3) is 0.750. The molecule has 1 fully saturated rings. The Morgan fingerprint density at radius 1 is 1.85 bits per heavy atom. The lowest BCUT2D eigenvalue weighted by Gasteiger charge is -2.29. The van der Waals surface area contributed by atoms with Crippen LogP contribution in [0.3, 0.4) is 0 Å². The van der Waals surface area contributed by atoms with Gasteiger partial charge in [0.05, 0.1) is 19.2 Å². The first kappa shape index (κ1) is 9.96. The summed E-state index contributed by atoms with van der Waals surface area (Å²) in [6.07, 6.45) is -0.491. The summed E-state index contributed by atoms with van der Waals surface area (Å²) in [4.78, 5) is 12.8. The number of carbonyl (C=O) groups is 1. The second kappa shape index (κ2) is 4.80. The number of morpholine rings is 1. The summed E-state index contributed by atoms with van der Waals surface area (Å²) in [7, 11) is 1.58. The second-order valence-corrected chi connectivity index (χ2v) is 2.76. The highest BCUT2D eigenvalue weighted by Crippen LogP contribution is 2.04. The molecule has 0 aromatic heterocycles. The predicted octanol–water partition coefficient (Wildman–Crippen LogP) is -0.616. The van der Waals surface area contributed by atoms with Crippen LogP contribution in [0.5, 0.6) is 0 Å². The molecule has 5 nitrogen and oxygen atoms in total. The minimum absolute atomic E-state index is 0.00193. The van der Waals surface area contributed by atoms with Gasteiger partial charge < -0.3 is 14.4 Å². The summed E-state index contributed by atoms with van der Waals surface area (Å²) in [5, 5.41) is 8.58. The Morgan fingerprint density at radius 2 is 2.62 bits per heavy atom. The van der Waals surface area contributed by atoms with E-state index in [2.05, 4.69) is 0 Å². The van der Waals surface area contributed by atoms with E-state index >= 15 is 0 Å². The predicted molar refractivity (Wildman–Crippen MR) is 43.8 cm³/mol. The maximum absolute atomic E-state index is 11.2. The van der Waals surface area contributed by atoms with Crippen LogP contribution in [-0.4, -0.2) is 50.3 Å². The van der Waals surface area contributed by atoms with E-state index in [9.17, 15) is 4.79 Å². The number of carbonyl (C=O) groups excluding carboxylic acids is 1. The third-order valence-electron chi connectivity index (χ3n) is 1.86. The molecule has 0 aromatic carbocycles. The quantitative estimate of drug-likeness (QED) is 0.586. The molecule has 1 rings (SSSR count). The Bertz CT molecular complexity index is 224. The molecule has 1 aliphatic heterocycles. The highest BCUT2D eigenvalue weighted by molar-refractivity contribution is 5.78. The third-order valence-corrected chi connectivity index (χ3v) is 1.86. The van der Waals surface area contributed by atoms with Crippen molar-refractivity contribution in [3.8, 4) is 6.07 Å². The monoisotopic (exact) mass is 184 g/mol. The van der Waals surface area contributed by atoms with Gasteiger partial charge in [0, 0.05) is 13.7 Å². The highest BCUT2D eigenvalue weighted by Gasteiger charge is 2.25. The van der Waals surface area contributed by atoms with E-state index in [1.165, 1.54) is 0 Å². The van der Waals surface area contributed by atoms with Gasteiger partial charge in [-0.25, -0.2) is 0 Å². The van der Waals surface area contributed by atoms with Crippen molar-refractivity contribution in [3.05, 3.63) is 0 Å². The first-order valence-corrected chi connectivity index (χ1v) is 4.06. The number of methoxy groups -OCH3 is 1. The van der Waals surface area contributed by atoms with Crippen molar-refractivity contribution in [2.75, 3.05) is 33.4 Å². The van der Waals surface area contributed by atoms with Gasteiger partial charge in [-0.1, -0.05) is 0 Å². The Hall–Kier alpha value is -1.12. The highest BCUT2D eigenvalue weighted by atomic mass is 16.5. The van der Waals surface area contributed by atoms with Gasteiger partial charge in [0.15, 0.2) is 6.10 Å². The molecular weight excluding hydrogens is 172 g/mol. The molecule has 0 spiro atoms. The van der Waals surface area contributed by atoms with Crippen LogP contribution in [0.15, 0.2) is 0 Å². The number of nitrogens with zero attached hydrogens (tertiary/aromatic N) is 2. The number of hydrogen-bond donors (Lipinski definition) is 0. The van der Waals surface area contributed by atoms with Crippen LogP contribution in [0, 0.1) is 11.3 Å². The van der Waals surface area contributed by atoms with Crippen LogP contribution in [0.2, 0.25) is 0 Å². The van der Waals surface area contributed by atoms with Crippen molar-refractivity contribution in [2.45, 2.75) is 6.10 Å². The van der Waals surface area contributed by atoms with E-state index in [4.69, 9.17) is 14.7 Å². The van der Waals surface area contributed by atoms with Gasteiger partial charge in [-0.3, -0.25) is 4.79 Å². The molecule has 0 N–H and O–H groups in total. The van der Waals surface area contributed by atoms with Crippen molar-refractivity contribution in [2.24, 2.45) is 0 Å². The largest absolute Gasteiger partial charge is 0.383 e. The van der Waals surface area contributed by atoms with Gasteiger partial charge in [-0.15, -0.1) is 0 Å². The molecule has 1 amide bonds. The lowest BCUT2D eigenvalue weighted by molar-refractivity contribution is -0.146. The van der Waals surface area contributed by atoms with Gasteiger partial charge in [-0.2, -0.15) is 5.26 Å². The average molecular weight is 184 g/mol. The first-order valence-electron chi connectivity index (χ1n) is 4.06. The van der Waals surface area contributed by atoms with Crippen molar-refractivity contribution >= 4 is 5.91 Å². The van der Waals surface area contributed by atoms with Crippen LogP contribution in [-0.2, 0) is 14.3 Å². The number of rotatable bonds is 3. The van der Waals surface area contributed by atoms with E-state index in [0.29, 0.717) is 19.7 Å². The Balaban J connectivity index is 2.41. The molecule has 0 saturated carbocycles. The molecule has 0 aliphatic carbocycles. The summed E-state index contributed by atoms with van der Waals surface area (Å²) in [6, 6.07) is 1.97. The normalized spacial score (nSPS) is 22.9. The smallest absolute Gasteiger partial charge is 0.248 e. The van der Waals surface area contributed by atoms with Crippen molar-refractivity contribution in [1.29, 1.82) is 5.26 Å². The number of amides is 1. The van der Waals surface area contributed by atoms with Crippen molar-refractivity contribution < 1.29 is 14.3 Å². The van der Waals surface area contributed by atoms with Gasteiger partial charge >= 0.3 is 0 Å². The Labute approximate surface area is 76.8 Å². The number of ether oxygens (including phenoxy) is 2. The minimum Gasteiger partial charge on any atom is -0.383 e. The fourth-order valence-electron chi connectivity index (χ4n) is 1.11. The molecule has 1 aliphatic rings. The van der Waals surface area contributed by atoms with Crippen LogP contribution >= 0.6 is 0 Å². The van der Waals surface area contributed by atoms with Crippen LogP contribution < -0.4 is 0 Å². The van der Waals surface area contributed by atoms with Crippen molar-refractivity contribution in [3.63, 3.8) is 0 Å². The molecule has 1 heterocycles. The maximum Gasteiger partial charge on any atom is 0.248 e. The van der Waals surface area contributed by atoms with E-state index in [1.54, 1.807) is 12.0 Å². The lowest BCUT2D eigenvalue weighted by Crippen LogP contribution is -2.47. The molecule has 1 unspecified atom stereocenters. The molecule has 0 aromatic rings. The van der Waals surface area contributed by atoms with E-state index in [-0.39, 0.29) is 12.5 Å². The fourth-order valence-corrected chi connectivity index (χ4v) is 1.11. The van der Waals surface area contributed by atoms with Gasteiger partial charge in [0.2, 0.25) is 5.91 Å². The van der Waals surface area contributed by atoms with E-state index < -0.39 is 6.10 Å². The molecular formula is C8H12N2O3. The van der Waals surface area contributed by atoms with Crippen molar-refractivity contribution in [1.82, 2.24) is 4.90 Å². The SMILES string of the molecule is COCCN1CC(C#N)OCC1=O. The zero-order chi connectivity index (χ0) is 9.68. The topological polar surface area (TPSA) is 62.6 Å². The standard InChI is InChI=1S/C8H12N2O3/c1-12-3-2-10-5-7(4-9)13-6-8(10)11/h7H,2-3,5-6H2,1H3. The second-order valence-electron chi connectivity index (χ2n) is 2.76. The Morgan fingerprint density at radius 3 is 3.23 bits per heavy atom. The Kier molecular flexibility index (Phi) is 3.68. The summed E-state index contributed by atoms with van der Waals surface area (Å²) in [6.45, 7) is 1.36. The first-order chi connectivity index (χ1) is 6.27. The zero-order valence-electron chi connectivity index (χ0n) is 7.52. The van der Waals surface area contributed by atoms with Crippen LogP contribution in [0.4, 0.5) is 0 Å².